The van der Waals surface area contributed by atoms with Crippen molar-refractivity contribution in [3.05, 3.63) is 47.0 Å². The Bertz CT molecular complexity index is 910. The monoisotopic (exact) mass is 429 g/mol. The zero-order valence-corrected chi connectivity index (χ0v) is 16.0. The molecule has 0 unspecified atom stereocenters. The third-order valence-electron chi connectivity index (χ3n) is 4.19. The number of nitrogens with zero attached hydrogens (tertiary/aromatic N) is 7. The second-order valence-electron chi connectivity index (χ2n) is 6.17. The molecule has 4 heterocycles. The van der Waals surface area contributed by atoms with E-state index in [1.54, 1.807) is 24.0 Å². The van der Waals surface area contributed by atoms with Gasteiger partial charge in [-0.05, 0) is 0 Å². The van der Waals surface area contributed by atoms with Gasteiger partial charge >= 0.3 is 12.1 Å². The van der Waals surface area contributed by atoms with E-state index in [9.17, 15) is 13.2 Å². The highest BCUT2D eigenvalue weighted by Gasteiger charge is 2.38. The first-order chi connectivity index (χ1) is 13.8. The molecule has 156 valence electrons. The van der Waals surface area contributed by atoms with E-state index in [4.69, 9.17) is 9.90 Å². The maximum atomic E-state index is 10.6. The highest BCUT2D eigenvalue weighted by Crippen LogP contribution is 2.15. The third-order valence-corrected chi connectivity index (χ3v) is 4.95. The second kappa shape index (κ2) is 9.13. The van der Waals surface area contributed by atoms with Crippen molar-refractivity contribution in [3.63, 3.8) is 0 Å². The number of carboxylic acids is 1. The molecule has 3 aromatic rings. The largest absolute Gasteiger partial charge is 0.490 e. The summed E-state index contributed by atoms with van der Waals surface area (Å²) in [6.45, 7) is 4.66. The predicted octanol–water partition coefficient (Wildman–Crippen LogP) is 1.67. The van der Waals surface area contributed by atoms with E-state index < -0.39 is 12.1 Å². The Kier molecular flexibility index (Phi) is 6.59. The van der Waals surface area contributed by atoms with Gasteiger partial charge in [-0.2, -0.15) is 18.3 Å². The summed E-state index contributed by atoms with van der Waals surface area (Å²) in [6.07, 6.45) is 3.04. The summed E-state index contributed by atoms with van der Waals surface area (Å²) in [5, 5.41) is 14.5. The molecule has 0 aromatic carbocycles. The first kappa shape index (κ1) is 20.9. The number of imidazole rings is 1. The number of rotatable bonds is 4. The van der Waals surface area contributed by atoms with Gasteiger partial charge in [0.25, 0.3) is 0 Å². The van der Waals surface area contributed by atoms with Crippen molar-refractivity contribution in [3.8, 4) is 0 Å². The standard InChI is InChI=1S/C14H17N7S.C2HF3O2/c1-3-19(9-14-16-2-6-22-14)4-5-21-12(7-17-13(1)21)8-20-11-15-10-18-20;3-2(4,5)1(6)7/h2,6-7,10-11H,1,3-5,8-9H2;(H,6,7). The van der Waals surface area contributed by atoms with Gasteiger partial charge in [-0.25, -0.2) is 24.4 Å². The summed E-state index contributed by atoms with van der Waals surface area (Å²) in [5.41, 5.74) is 1.19. The molecule has 13 heteroatoms. The molecule has 9 nitrogen and oxygen atoms in total. The molecule has 1 N–H and O–H groups in total. The van der Waals surface area contributed by atoms with Gasteiger partial charge in [-0.1, -0.05) is 0 Å². The highest BCUT2D eigenvalue weighted by atomic mass is 32.1. The van der Waals surface area contributed by atoms with E-state index in [2.05, 4.69) is 29.5 Å². The molecule has 0 saturated heterocycles. The molecule has 1 aliphatic rings. The minimum Gasteiger partial charge on any atom is -0.475 e. The number of aliphatic carboxylic acids is 1. The normalized spacial score (nSPS) is 14.6. The van der Waals surface area contributed by atoms with E-state index in [1.807, 2.05) is 22.5 Å². The Hall–Kier alpha value is -2.80. The number of hydrogen-bond acceptors (Lipinski definition) is 7. The first-order valence-corrected chi connectivity index (χ1v) is 9.47. The molecule has 0 amide bonds. The molecule has 0 radical (unpaired) electrons. The average molecular weight is 429 g/mol. The number of hydrogen-bond donors (Lipinski definition) is 1. The van der Waals surface area contributed by atoms with Crippen molar-refractivity contribution in [1.29, 1.82) is 0 Å². The van der Waals surface area contributed by atoms with Gasteiger partial charge in [0, 0.05) is 37.6 Å². The van der Waals surface area contributed by atoms with E-state index in [0.717, 1.165) is 45.0 Å². The van der Waals surface area contributed by atoms with Crippen LogP contribution in [0.1, 0.15) is 16.5 Å². The zero-order chi connectivity index (χ0) is 20.9. The number of carboxylic acid groups (broad SMARTS) is 1. The topological polar surface area (TPSA) is 102 Å². The molecule has 0 bridgehead atoms. The summed E-state index contributed by atoms with van der Waals surface area (Å²) in [7, 11) is 0. The Morgan fingerprint density at radius 3 is 2.62 bits per heavy atom. The van der Waals surface area contributed by atoms with E-state index in [0.29, 0.717) is 0 Å². The van der Waals surface area contributed by atoms with Crippen LogP contribution < -0.4 is 0 Å². The molecule has 29 heavy (non-hydrogen) atoms. The third kappa shape index (κ3) is 5.84. The van der Waals surface area contributed by atoms with Gasteiger partial charge in [0.15, 0.2) is 0 Å². The number of thiazole rings is 1. The molecule has 0 saturated carbocycles. The van der Waals surface area contributed by atoms with Crippen LogP contribution in [0.25, 0.3) is 0 Å². The van der Waals surface area contributed by atoms with Crippen LogP contribution in [0.15, 0.2) is 30.4 Å². The Balaban J connectivity index is 0.000000298. The molecule has 4 rings (SSSR count). The lowest BCUT2D eigenvalue weighted by atomic mass is 10.4. The molecule has 3 aromatic heterocycles. The number of halogens is 3. The molecule has 0 fully saturated rings. The lowest BCUT2D eigenvalue weighted by molar-refractivity contribution is -0.192. The van der Waals surface area contributed by atoms with Gasteiger partial charge in [0.2, 0.25) is 0 Å². The minimum absolute atomic E-state index is 0.722. The van der Waals surface area contributed by atoms with Crippen LogP contribution in [-0.2, 0) is 30.8 Å². The van der Waals surface area contributed by atoms with E-state index in [-0.39, 0.29) is 0 Å². The van der Waals surface area contributed by atoms with Crippen LogP contribution in [0, 0.1) is 0 Å². The predicted molar refractivity (Wildman–Crippen MR) is 96.1 cm³/mol. The number of carbonyl (C=O) groups is 1. The smallest absolute Gasteiger partial charge is 0.475 e. The summed E-state index contributed by atoms with van der Waals surface area (Å²) < 4.78 is 35.9. The van der Waals surface area contributed by atoms with Gasteiger partial charge in [0.05, 0.1) is 25.0 Å². The van der Waals surface area contributed by atoms with Crippen LogP contribution >= 0.6 is 11.3 Å². The van der Waals surface area contributed by atoms with Crippen molar-refractivity contribution in [2.45, 2.75) is 32.2 Å². The molecule has 1 aliphatic heterocycles. The number of fused-ring (bicyclic) bond motifs is 1. The lowest BCUT2D eigenvalue weighted by Crippen LogP contribution is -2.26. The fraction of sp³-hybridized carbons (Fsp3) is 0.438. The fourth-order valence-electron chi connectivity index (χ4n) is 2.82. The molecular formula is C16H18F3N7O2S. The molecule has 0 spiro atoms. The quantitative estimate of drug-likeness (QED) is 0.673. The van der Waals surface area contributed by atoms with Crippen molar-refractivity contribution >= 4 is 17.3 Å². The van der Waals surface area contributed by atoms with Gasteiger partial charge < -0.3 is 9.67 Å². The summed E-state index contributed by atoms with van der Waals surface area (Å²) in [4.78, 5) is 24.3. The van der Waals surface area contributed by atoms with E-state index >= 15 is 0 Å². The van der Waals surface area contributed by atoms with Crippen LogP contribution in [0.2, 0.25) is 0 Å². The minimum atomic E-state index is -5.08. The first-order valence-electron chi connectivity index (χ1n) is 8.59. The van der Waals surface area contributed by atoms with Crippen LogP contribution in [0.4, 0.5) is 13.2 Å². The molecule has 0 aliphatic carbocycles. The summed E-state index contributed by atoms with van der Waals surface area (Å²) >= 11 is 1.72. The average Bonchev–Trinajstić information content (AvgIpc) is 3.39. The highest BCUT2D eigenvalue weighted by molar-refractivity contribution is 7.09. The van der Waals surface area contributed by atoms with Crippen molar-refractivity contribution < 1.29 is 23.1 Å². The Morgan fingerprint density at radius 2 is 2.00 bits per heavy atom. The fourth-order valence-corrected chi connectivity index (χ4v) is 3.48. The van der Waals surface area contributed by atoms with Crippen molar-refractivity contribution in [2.24, 2.45) is 0 Å². The Morgan fingerprint density at radius 1 is 1.21 bits per heavy atom. The maximum absolute atomic E-state index is 10.6. The van der Waals surface area contributed by atoms with Crippen LogP contribution in [-0.4, -0.2) is 64.5 Å². The summed E-state index contributed by atoms with van der Waals surface area (Å²) in [5.74, 6) is -1.59. The van der Waals surface area contributed by atoms with Gasteiger partial charge in [0.1, 0.15) is 23.5 Å². The Labute approximate surface area is 167 Å². The summed E-state index contributed by atoms with van der Waals surface area (Å²) in [6, 6.07) is 0. The van der Waals surface area contributed by atoms with Crippen molar-refractivity contribution in [2.75, 3.05) is 13.1 Å². The molecular weight excluding hydrogens is 411 g/mol. The maximum Gasteiger partial charge on any atom is 0.490 e. The van der Waals surface area contributed by atoms with E-state index in [1.165, 1.54) is 10.7 Å². The van der Waals surface area contributed by atoms with Gasteiger partial charge in [-0.3, -0.25) is 4.90 Å². The second-order valence-corrected chi connectivity index (χ2v) is 7.14. The SMILES string of the molecule is O=C(O)C(F)(F)F.c1csc(CN2CCc3ncc(Cn4cncn4)n3CC2)n1. The number of alkyl halides is 3. The molecule has 0 atom stereocenters. The van der Waals surface area contributed by atoms with Crippen LogP contribution in [0.3, 0.4) is 0 Å². The van der Waals surface area contributed by atoms with Crippen LogP contribution in [0.5, 0.6) is 0 Å². The lowest BCUT2D eigenvalue weighted by Gasteiger charge is -2.18. The number of aromatic nitrogens is 6. The zero-order valence-electron chi connectivity index (χ0n) is 15.2. The van der Waals surface area contributed by atoms with Crippen molar-refractivity contribution in [1.82, 2.24) is 34.2 Å². The van der Waals surface area contributed by atoms with Gasteiger partial charge in [-0.15, -0.1) is 11.3 Å².